The molecule has 238 valence electrons. The summed E-state index contributed by atoms with van der Waals surface area (Å²) in [6.07, 6.45) is 12.4. The predicted molar refractivity (Wildman–Crippen MR) is 164 cm³/mol. The molecule has 0 bridgehead atoms. The average Bonchev–Trinajstić information content (AvgIpc) is 3.40. The van der Waals surface area contributed by atoms with Crippen molar-refractivity contribution in [2.24, 2.45) is 34.4 Å². The van der Waals surface area contributed by atoms with Gasteiger partial charge in [0.25, 0.3) is 0 Å². The highest BCUT2D eigenvalue weighted by atomic mass is 16.5. The number of nitrogens with two attached hydrogens (primary N) is 3. The molecular formula is C33H59N4O5+3. The number of nitrogens with zero attached hydrogens (tertiary/aromatic N) is 1. The fourth-order valence-electron chi connectivity index (χ4n) is 7.38. The molecule has 3 aliphatic rings. The number of methoxy groups -OCH3 is 1. The summed E-state index contributed by atoms with van der Waals surface area (Å²) in [4.78, 5) is 29.5. The molecule has 6 unspecified atom stereocenters. The van der Waals surface area contributed by atoms with Gasteiger partial charge in [0.1, 0.15) is 30.2 Å². The first-order chi connectivity index (χ1) is 20.2. The zero-order valence-corrected chi connectivity index (χ0v) is 26.6. The van der Waals surface area contributed by atoms with Crippen LogP contribution in [0.3, 0.4) is 0 Å². The van der Waals surface area contributed by atoms with Crippen LogP contribution in [-0.4, -0.2) is 74.8 Å². The number of carbonyl (C=O) groups excluding carboxylic acids is 2. The second-order valence-electron chi connectivity index (χ2n) is 13.1. The number of aliphatic hydroxyl groups excluding tert-OH is 1. The van der Waals surface area contributed by atoms with Crippen LogP contribution < -0.4 is 16.4 Å². The molecule has 1 saturated carbocycles. The quantitative estimate of drug-likeness (QED) is 0.142. The van der Waals surface area contributed by atoms with Crippen molar-refractivity contribution in [1.82, 2.24) is 0 Å². The Kier molecular flexibility index (Phi) is 15.0. The smallest absolute Gasteiger partial charge is 0.302 e. The minimum Gasteiger partial charge on any atom is -0.462 e. The number of ether oxygens (including phenoxy) is 2. The van der Waals surface area contributed by atoms with Gasteiger partial charge in [-0.2, -0.15) is 0 Å². The van der Waals surface area contributed by atoms with Gasteiger partial charge in [0.2, 0.25) is 0 Å². The SMILES string of the molecule is CC[C@H](CC[C@H](CC(=O)CCC1CC(OC)C(O)CC1C[NH2+]C)OC(C)=O)CC1=C(CCC2CC[NH2+]C(N)C2)[CH+]N=C1. The molecule has 0 aromatic heterocycles. The number of quaternary nitrogens is 2. The first-order valence-electron chi connectivity index (χ1n) is 16.6. The predicted octanol–water partition coefficient (Wildman–Crippen LogP) is 2.03. The van der Waals surface area contributed by atoms with Crippen LogP contribution >= 0.6 is 0 Å². The van der Waals surface area contributed by atoms with Gasteiger partial charge in [0, 0.05) is 52.1 Å². The molecule has 42 heavy (non-hydrogen) atoms. The zero-order chi connectivity index (χ0) is 30.5. The molecule has 9 heteroatoms. The van der Waals surface area contributed by atoms with E-state index in [0.717, 1.165) is 58.0 Å². The minimum atomic E-state index is -0.443. The van der Waals surface area contributed by atoms with Gasteiger partial charge in [0.05, 0.1) is 37.9 Å². The largest absolute Gasteiger partial charge is 0.462 e. The average molecular weight is 592 g/mol. The van der Waals surface area contributed by atoms with Crippen molar-refractivity contribution in [2.75, 3.05) is 27.2 Å². The Hall–Kier alpha value is -1.78. The number of rotatable bonds is 18. The maximum Gasteiger partial charge on any atom is 0.302 e. The number of ketones is 1. The number of allylic oxidation sites excluding steroid dienone is 1. The van der Waals surface area contributed by atoms with Gasteiger partial charge in [-0.1, -0.05) is 13.3 Å². The topological polar surface area (TPSA) is 144 Å². The first kappa shape index (κ1) is 34.7. The number of aliphatic hydroxyl groups is 1. The van der Waals surface area contributed by atoms with E-state index in [2.05, 4.69) is 22.5 Å². The molecule has 0 amide bonds. The van der Waals surface area contributed by atoms with Crippen LogP contribution in [0.15, 0.2) is 16.1 Å². The fourth-order valence-corrected chi connectivity index (χ4v) is 7.38. The van der Waals surface area contributed by atoms with Crippen molar-refractivity contribution in [3.05, 3.63) is 17.7 Å². The van der Waals surface area contributed by atoms with E-state index in [0.29, 0.717) is 42.9 Å². The van der Waals surface area contributed by atoms with E-state index < -0.39 is 6.10 Å². The lowest BCUT2D eigenvalue weighted by Crippen LogP contribution is -2.94. The number of esters is 1. The maximum atomic E-state index is 13.1. The Balaban J connectivity index is 1.49. The van der Waals surface area contributed by atoms with Crippen molar-refractivity contribution < 1.29 is 34.8 Å². The van der Waals surface area contributed by atoms with Crippen LogP contribution in [0.1, 0.15) is 97.3 Å². The number of hydrogen-bond acceptors (Lipinski definition) is 7. The van der Waals surface area contributed by atoms with E-state index in [1.807, 2.05) is 19.8 Å². The Morgan fingerprint density at radius 2 is 2.05 bits per heavy atom. The molecule has 1 saturated heterocycles. The van der Waals surface area contributed by atoms with Crippen LogP contribution in [0.5, 0.6) is 0 Å². The van der Waals surface area contributed by atoms with Crippen molar-refractivity contribution >= 4 is 18.0 Å². The van der Waals surface area contributed by atoms with Gasteiger partial charge in [-0.15, -0.1) is 4.99 Å². The molecule has 7 N–H and O–H groups in total. The Bertz CT molecular complexity index is 909. The summed E-state index contributed by atoms with van der Waals surface area (Å²) in [6, 6.07) is 0. The van der Waals surface area contributed by atoms with Crippen LogP contribution in [0.2, 0.25) is 0 Å². The first-order valence-corrected chi connectivity index (χ1v) is 16.6. The van der Waals surface area contributed by atoms with Crippen LogP contribution in [0, 0.1) is 30.2 Å². The lowest BCUT2D eigenvalue weighted by Gasteiger charge is -2.37. The van der Waals surface area contributed by atoms with Gasteiger partial charge in [-0.3, -0.25) is 15.3 Å². The van der Waals surface area contributed by atoms with Gasteiger partial charge >= 0.3 is 5.97 Å². The summed E-state index contributed by atoms with van der Waals surface area (Å²) in [7, 11) is 3.70. The molecular weight excluding hydrogens is 532 g/mol. The Morgan fingerprint density at radius 3 is 2.74 bits per heavy atom. The van der Waals surface area contributed by atoms with Crippen molar-refractivity contribution in [3.8, 4) is 0 Å². The normalized spacial score (nSPS) is 29.3. The summed E-state index contributed by atoms with van der Waals surface area (Å²) in [5.41, 5.74) is 8.84. The van der Waals surface area contributed by atoms with Gasteiger partial charge in [-0.25, -0.2) is 0 Å². The second-order valence-corrected chi connectivity index (χ2v) is 13.1. The monoisotopic (exact) mass is 591 g/mol. The number of aliphatic imine (C=N–C) groups is 1. The van der Waals surface area contributed by atoms with Crippen molar-refractivity contribution in [2.45, 2.75) is 122 Å². The summed E-state index contributed by atoms with van der Waals surface area (Å²) < 4.78 is 11.2. The lowest BCUT2D eigenvalue weighted by molar-refractivity contribution is -0.699. The molecule has 0 radical (unpaired) electrons. The molecule has 2 aliphatic heterocycles. The second kappa shape index (κ2) is 18.1. The van der Waals surface area contributed by atoms with E-state index >= 15 is 0 Å². The summed E-state index contributed by atoms with van der Waals surface area (Å²) in [5.74, 6) is 1.68. The highest BCUT2D eigenvalue weighted by Crippen LogP contribution is 2.35. The summed E-state index contributed by atoms with van der Waals surface area (Å²) >= 11 is 0. The van der Waals surface area contributed by atoms with Crippen LogP contribution in [0.25, 0.3) is 0 Å². The van der Waals surface area contributed by atoms with E-state index in [4.69, 9.17) is 15.2 Å². The molecule has 0 aromatic carbocycles. The van der Waals surface area contributed by atoms with Crippen LogP contribution in [-0.2, 0) is 19.1 Å². The number of Topliss-reactive ketones (excluding diaryl/α,β-unsaturated/α-hetero) is 1. The fraction of sp³-hybridized carbons (Fsp3) is 0.818. The van der Waals surface area contributed by atoms with Gasteiger partial charge < -0.3 is 25.2 Å². The van der Waals surface area contributed by atoms with Crippen molar-refractivity contribution in [1.29, 1.82) is 0 Å². The highest BCUT2D eigenvalue weighted by Gasteiger charge is 2.37. The number of carbonyl (C=O) groups is 2. The molecule has 9 nitrogen and oxygen atoms in total. The minimum absolute atomic E-state index is 0.149. The third kappa shape index (κ3) is 11.4. The van der Waals surface area contributed by atoms with E-state index in [1.54, 1.807) is 7.11 Å². The molecule has 0 aromatic rings. The Morgan fingerprint density at radius 1 is 1.24 bits per heavy atom. The number of piperidine rings is 1. The van der Waals surface area contributed by atoms with Crippen LogP contribution in [0.4, 0.5) is 0 Å². The molecule has 2 heterocycles. The Labute approximate surface area is 253 Å². The summed E-state index contributed by atoms with van der Waals surface area (Å²) in [6.45, 7) is 7.74. The molecule has 3 rings (SSSR count). The summed E-state index contributed by atoms with van der Waals surface area (Å²) in [5, 5.41) is 14.8. The lowest BCUT2D eigenvalue weighted by atomic mass is 9.74. The standard InChI is InChI=1S/C33H57N4O5/c1-5-23(14-27-21-36-20-26(27)8-6-24-12-13-37-33(34)15-24)7-11-30(42-22(2)38)18-29(39)10-9-25-17-32(41-4)31(40)16-28(25)19-35-3/h20-21,23-25,28,30-33,35,37,40H,5-19,34H2,1-4H3/q+1/p+2/t23-,24?,25?,28?,30-,31?,32?,33?/m1/s1. The zero-order valence-electron chi connectivity index (χ0n) is 26.6. The molecule has 1 aliphatic carbocycles. The van der Waals surface area contributed by atoms with E-state index in [9.17, 15) is 14.7 Å². The third-order valence-corrected chi connectivity index (χ3v) is 9.93. The van der Waals surface area contributed by atoms with Gasteiger partial charge in [0.15, 0.2) is 6.21 Å². The maximum absolute atomic E-state index is 13.1. The van der Waals surface area contributed by atoms with E-state index in [-0.39, 0.29) is 36.5 Å². The molecule has 0 spiro atoms. The highest BCUT2D eigenvalue weighted by molar-refractivity contribution is 5.84. The third-order valence-electron chi connectivity index (χ3n) is 9.93. The number of hydrogen-bond donors (Lipinski definition) is 4. The van der Waals surface area contributed by atoms with Gasteiger partial charge in [-0.05, 0) is 62.7 Å². The van der Waals surface area contributed by atoms with E-state index in [1.165, 1.54) is 30.9 Å². The molecule has 2 fully saturated rings. The molecule has 8 atom stereocenters. The van der Waals surface area contributed by atoms with Crippen molar-refractivity contribution in [3.63, 3.8) is 0 Å².